The average Bonchev–Trinajstić information content (AvgIpc) is 2.81. The highest BCUT2D eigenvalue weighted by atomic mass is 35.5. The lowest BCUT2D eigenvalue weighted by Gasteiger charge is -2.18. The number of anilines is 1. The number of hydrogen-bond donors (Lipinski definition) is 1. The predicted octanol–water partition coefficient (Wildman–Crippen LogP) is 6.27. The number of Topliss-reactive ketones (excluding diaryl/α,β-unsaturated/α-hetero) is 1. The number of carbonyl (C=O) groups is 2. The molecule has 0 aliphatic carbocycles. The van der Waals surface area contributed by atoms with E-state index >= 15 is 0 Å². The first-order valence-electron chi connectivity index (χ1n) is 11.2. The van der Waals surface area contributed by atoms with Gasteiger partial charge in [0.15, 0.2) is 28.8 Å². The summed E-state index contributed by atoms with van der Waals surface area (Å²) in [4.78, 5) is 25.2. The number of halogens is 2. The van der Waals surface area contributed by atoms with E-state index in [0.29, 0.717) is 48.7 Å². The van der Waals surface area contributed by atoms with Crippen molar-refractivity contribution < 1.29 is 28.5 Å². The summed E-state index contributed by atoms with van der Waals surface area (Å²) in [7, 11) is 0. The number of hydrogen-bond acceptors (Lipinski definition) is 8. The molecule has 0 bridgehead atoms. The molecule has 0 aliphatic rings. The molecular weight excluding hydrogens is 497 g/mol. The molecule has 190 valence electrons. The lowest BCUT2D eigenvalue weighted by atomic mass is 10.2. The number of ether oxygens (including phenoxy) is 4. The maximum atomic E-state index is 13.0. The number of ketones is 1. The van der Waals surface area contributed by atoms with E-state index in [-0.39, 0.29) is 22.1 Å². The molecule has 1 amide bonds. The highest BCUT2D eigenvalue weighted by molar-refractivity contribution is 6.34. The van der Waals surface area contributed by atoms with Crippen LogP contribution in [-0.2, 0) is 9.59 Å². The van der Waals surface area contributed by atoms with Crippen molar-refractivity contribution in [1.82, 2.24) is 0 Å². The average molecular weight is 526 g/mol. The van der Waals surface area contributed by atoms with Gasteiger partial charge in [-0.15, -0.1) is 0 Å². The first kappa shape index (κ1) is 28.2. The van der Waals surface area contributed by atoms with E-state index in [1.807, 2.05) is 6.92 Å². The zero-order valence-corrected chi connectivity index (χ0v) is 21.8. The van der Waals surface area contributed by atoms with E-state index in [9.17, 15) is 9.59 Å². The molecule has 0 aliphatic heterocycles. The number of amides is 1. The van der Waals surface area contributed by atoms with Crippen molar-refractivity contribution in [3.05, 3.63) is 34.3 Å². The fraction of sp³-hybridized carbons (Fsp3) is 0.417. The van der Waals surface area contributed by atoms with E-state index < -0.39 is 17.7 Å². The van der Waals surface area contributed by atoms with Crippen molar-refractivity contribution >= 4 is 46.3 Å². The third-order valence-electron chi connectivity index (χ3n) is 4.44. The summed E-state index contributed by atoms with van der Waals surface area (Å²) in [5.41, 5.74) is 0.502. The Bertz CT molecular complexity index is 1080. The molecule has 2 rings (SSSR count). The van der Waals surface area contributed by atoms with Gasteiger partial charge in [0.05, 0.1) is 37.1 Å². The van der Waals surface area contributed by atoms with Crippen LogP contribution < -0.4 is 24.3 Å². The Morgan fingerprint density at radius 2 is 1.46 bits per heavy atom. The van der Waals surface area contributed by atoms with Gasteiger partial charge in [-0.2, -0.15) is 10.2 Å². The lowest BCUT2D eigenvalue weighted by molar-refractivity contribution is -0.126. The molecule has 0 radical (unpaired) electrons. The number of carbonyl (C=O) groups excluding carboxylic acids is 2. The Labute approximate surface area is 214 Å². The molecule has 9 nitrogen and oxygen atoms in total. The molecule has 11 heteroatoms. The molecule has 0 spiro atoms. The second-order valence-corrected chi connectivity index (χ2v) is 7.71. The van der Waals surface area contributed by atoms with Crippen molar-refractivity contribution in [1.29, 1.82) is 0 Å². The number of nitrogens with zero attached hydrogens (tertiary/aromatic N) is 2. The molecule has 35 heavy (non-hydrogen) atoms. The molecule has 1 N–H and O–H groups in total. The quantitative estimate of drug-likeness (QED) is 0.244. The highest BCUT2D eigenvalue weighted by Crippen LogP contribution is 2.43. The zero-order chi connectivity index (χ0) is 26.0. The van der Waals surface area contributed by atoms with Crippen LogP contribution in [0, 0.1) is 0 Å². The molecule has 0 saturated heterocycles. The van der Waals surface area contributed by atoms with Crippen LogP contribution in [0.3, 0.4) is 0 Å². The van der Waals surface area contributed by atoms with E-state index in [4.69, 9.17) is 42.1 Å². The first-order chi connectivity index (χ1) is 16.8. The van der Waals surface area contributed by atoms with Gasteiger partial charge in [0.25, 0.3) is 5.91 Å². The van der Waals surface area contributed by atoms with E-state index in [2.05, 4.69) is 15.5 Å². The topological polar surface area (TPSA) is 108 Å². The Balaban J connectivity index is 2.36. The highest BCUT2D eigenvalue weighted by Gasteiger charge is 2.26. The Hall–Kier alpha value is -3.04. The summed E-state index contributed by atoms with van der Waals surface area (Å²) in [6.45, 7) is 9.88. The second-order valence-electron chi connectivity index (χ2n) is 6.93. The van der Waals surface area contributed by atoms with Crippen molar-refractivity contribution in [2.24, 2.45) is 10.2 Å². The maximum absolute atomic E-state index is 13.0. The van der Waals surface area contributed by atoms with Gasteiger partial charge in [-0.25, -0.2) is 0 Å². The summed E-state index contributed by atoms with van der Waals surface area (Å²) in [5.74, 6) is 0.0804. The molecule has 0 fully saturated rings. The van der Waals surface area contributed by atoms with Crippen molar-refractivity contribution in [3.8, 4) is 23.0 Å². The van der Waals surface area contributed by atoms with Gasteiger partial charge in [-0.05, 0) is 58.9 Å². The molecule has 0 saturated carbocycles. The van der Waals surface area contributed by atoms with Gasteiger partial charge in [0.1, 0.15) is 10.7 Å². The normalized spacial score (nSPS) is 11.7. The van der Waals surface area contributed by atoms with Crippen LogP contribution >= 0.6 is 23.2 Å². The zero-order valence-electron chi connectivity index (χ0n) is 20.3. The van der Waals surface area contributed by atoms with Gasteiger partial charge in [-0.3, -0.25) is 9.59 Å². The predicted molar refractivity (Wildman–Crippen MR) is 135 cm³/mol. The Kier molecular flexibility index (Phi) is 11.1. The minimum Gasteiger partial charge on any atom is -0.490 e. The van der Waals surface area contributed by atoms with Gasteiger partial charge >= 0.3 is 0 Å². The molecular formula is C24H29Cl2N3O6. The summed E-state index contributed by atoms with van der Waals surface area (Å²) < 4.78 is 22.3. The minimum atomic E-state index is -1.44. The van der Waals surface area contributed by atoms with Crippen molar-refractivity contribution in [2.75, 3.05) is 31.7 Å². The van der Waals surface area contributed by atoms with Crippen LogP contribution in [0.4, 0.5) is 11.4 Å². The fourth-order valence-electron chi connectivity index (χ4n) is 3.00. The minimum absolute atomic E-state index is 0.155. The Morgan fingerprint density at radius 3 is 2.06 bits per heavy atom. The van der Waals surface area contributed by atoms with Gasteiger partial charge in [0, 0.05) is 0 Å². The summed E-state index contributed by atoms with van der Waals surface area (Å²) >= 11 is 12.7. The van der Waals surface area contributed by atoms with Crippen molar-refractivity contribution in [2.45, 2.75) is 40.7 Å². The molecule has 2 aromatic carbocycles. The van der Waals surface area contributed by atoms with Crippen LogP contribution in [0.2, 0.25) is 10.0 Å². The summed E-state index contributed by atoms with van der Waals surface area (Å²) in [5, 5.41) is 11.2. The monoisotopic (exact) mass is 525 g/mol. The van der Waals surface area contributed by atoms with E-state index in [1.165, 1.54) is 6.92 Å². The van der Waals surface area contributed by atoms with Crippen LogP contribution in [0.1, 0.15) is 34.6 Å². The molecule has 0 heterocycles. The van der Waals surface area contributed by atoms with Gasteiger partial charge in [0.2, 0.25) is 6.04 Å². The largest absolute Gasteiger partial charge is 0.490 e. The number of nitrogens with one attached hydrogen (secondary N) is 1. The number of benzene rings is 2. The smallest absolute Gasteiger partial charge is 0.258 e. The SMILES string of the molecule is CCOc1ccc(N=NC(C(C)=O)C(=O)Nc2ccc(Cl)c(OCC)c2OCC)c(Cl)c1OCC. The van der Waals surface area contributed by atoms with E-state index in [1.54, 1.807) is 45.0 Å². The van der Waals surface area contributed by atoms with Crippen LogP contribution in [-0.4, -0.2) is 44.2 Å². The Morgan fingerprint density at radius 1 is 0.857 bits per heavy atom. The van der Waals surface area contributed by atoms with E-state index in [0.717, 1.165) is 0 Å². The summed E-state index contributed by atoms with van der Waals surface area (Å²) in [6.07, 6.45) is 0. The maximum Gasteiger partial charge on any atom is 0.258 e. The van der Waals surface area contributed by atoms with Crippen LogP contribution in [0.25, 0.3) is 0 Å². The standard InChI is InChI=1S/C24H29Cl2N3O6/c1-6-32-18-13-12-16(19(26)23(18)35-9-4)28-29-20(14(5)30)24(31)27-17-11-10-15(25)21(33-7-2)22(17)34-8-3/h10-13,20H,6-9H2,1-5H3,(H,27,31). The van der Waals surface area contributed by atoms with Gasteiger partial charge in [-0.1, -0.05) is 23.2 Å². The fourth-order valence-corrected chi connectivity index (χ4v) is 3.45. The third-order valence-corrected chi connectivity index (χ3v) is 5.11. The molecule has 1 atom stereocenters. The third kappa shape index (κ3) is 7.22. The molecule has 0 aromatic heterocycles. The number of azo groups is 1. The van der Waals surface area contributed by atoms with Crippen molar-refractivity contribution in [3.63, 3.8) is 0 Å². The van der Waals surface area contributed by atoms with Gasteiger partial charge < -0.3 is 24.3 Å². The summed E-state index contributed by atoms with van der Waals surface area (Å²) in [6, 6.07) is 4.88. The lowest BCUT2D eigenvalue weighted by Crippen LogP contribution is -2.32. The molecule has 2 aromatic rings. The number of rotatable bonds is 13. The van der Waals surface area contributed by atoms with Crippen LogP contribution in [0.15, 0.2) is 34.5 Å². The second kappa shape index (κ2) is 13.7. The van der Waals surface area contributed by atoms with Crippen LogP contribution in [0.5, 0.6) is 23.0 Å². The first-order valence-corrected chi connectivity index (χ1v) is 11.9. The molecule has 1 unspecified atom stereocenters.